The molecule has 0 saturated carbocycles. The third-order valence-electron chi connectivity index (χ3n) is 1.88. The molecule has 1 heterocycles. The van der Waals surface area contributed by atoms with E-state index in [2.05, 4.69) is 20.9 Å². The molecule has 0 radical (unpaired) electrons. The highest BCUT2D eigenvalue weighted by atomic mass is 79.9. The molecule has 1 aromatic carbocycles. The lowest BCUT2D eigenvalue weighted by atomic mass is 10.2. The average molecular weight is 238 g/mol. The minimum atomic E-state index is 0.818. The summed E-state index contributed by atoms with van der Waals surface area (Å²) in [6.07, 6.45) is 1.77. The van der Waals surface area contributed by atoms with E-state index in [-0.39, 0.29) is 0 Å². The number of ether oxygens (including phenoxy) is 1. The molecule has 0 aliphatic carbocycles. The second kappa shape index (κ2) is 3.34. The Morgan fingerprint density at radius 3 is 3.00 bits per heavy atom. The van der Waals surface area contributed by atoms with Crippen molar-refractivity contribution in [3.05, 3.63) is 34.9 Å². The van der Waals surface area contributed by atoms with Gasteiger partial charge in [0.1, 0.15) is 5.75 Å². The topological polar surface area (TPSA) is 22.1 Å². The molecule has 0 unspecified atom stereocenters. The fourth-order valence-electron chi connectivity index (χ4n) is 1.23. The van der Waals surface area contributed by atoms with Crippen LogP contribution in [0, 0.1) is 0 Å². The molecule has 0 aliphatic heterocycles. The minimum Gasteiger partial charge on any atom is -0.497 e. The van der Waals surface area contributed by atoms with Gasteiger partial charge in [-0.25, -0.2) is 0 Å². The Hall–Kier alpha value is -1.09. The van der Waals surface area contributed by atoms with E-state index in [1.165, 1.54) is 0 Å². The van der Waals surface area contributed by atoms with E-state index in [0.717, 1.165) is 21.1 Å². The Kier molecular flexibility index (Phi) is 2.19. The fourth-order valence-corrected chi connectivity index (χ4v) is 1.79. The Balaban J connectivity index is 2.77. The van der Waals surface area contributed by atoms with Gasteiger partial charge in [0.2, 0.25) is 0 Å². The van der Waals surface area contributed by atoms with E-state index in [0.29, 0.717) is 0 Å². The summed E-state index contributed by atoms with van der Waals surface area (Å²) in [6.45, 7) is 0. The highest BCUT2D eigenvalue weighted by Crippen LogP contribution is 2.27. The molecule has 0 fully saturated rings. The summed E-state index contributed by atoms with van der Waals surface area (Å²) in [7, 11) is 1.65. The molecule has 13 heavy (non-hydrogen) atoms. The zero-order valence-electron chi connectivity index (χ0n) is 7.12. The number of nitrogens with zero attached hydrogens (tertiary/aromatic N) is 1. The van der Waals surface area contributed by atoms with Crippen LogP contribution >= 0.6 is 15.9 Å². The van der Waals surface area contributed by atoms with Crippen molar-refractivity contribution < 1.29 is 4.74 Å². The van der Waals surface area contributed by atoms with E-state index in [1.54, 1.807) is 13.3 Å². The van der Waals surface area contributed by atoms with Gasteiger partial charge in [0, 0.05) is 22.1 Å². The van der Waals surface area contributed by atoms with Gasteiger partial charge in [-0.3, -0.25) is 4.98 Å². The largest absolute Gasteiger partial charge is 0.497 e. The molecule has 0 saturated heterocycles. The van der Waals surface area contributed by atoms with Crippen molar-refractivity contribution in [2.24, 2.45) is 0 Å². The van der Waals surface area contributed by atoms with Crippen molar-refractivity contribution in [1.29, 1.82) is 0 Å². The first-order valence-corrected chi connectivity index (χ1v) is 4.69. The fraction of sp³-hybridized carbons (Fsp3) is 0.100. The molecule has 3 heteroatoms. The minimum absolute atomic E-state index is 0.818. The highest BCUT2D eigenvalue weighted by molar-refractivity contribution is 9.10. The summed E-state index contributed by atoms with van der Waals surface area (Å²) in [4.78, 5) is 4.24. The van der Waals surface area contributed by atoms with Gasteiger partial charge in [-0.1, -0.05) is 6.07 Å². The number of pyridine rings is 1. The number of halogens is 1. The smallest absolute Gasteiger partial charge is 0.122 e. The molecule has 0 bridgehead atoms. The number of aromatic nitrogens is 1. The second-order valence-electron chi connectivity index (χ2n) is 2.68. The third-order valence-corrected chi connectivity index (χ3v) is 2.54. The maximum absolute atomic E-state index is 5.13. The quantitative estimate of drug-likeness (QED) is 0.761. The first-order chi connectivity index (χ1) is 6.31. The van der Waals surface area contributed by atoms with E-state index >= 15 is 0 Å². The van der Waals surface area contributed by atoms with Crippen molar-refractivity contribution in [2.45, 2.75) is 0 Å². The van der Waals surface area contributed by atoms with Crippen LogP contribution in [0.15, 0.2) is 34.9 Å². The highest BCUT2D eigenvalue weighted by Gasteiger charge is 2.01. The zero-order valence-corrected chi connectivity index (χ0v) is 8.71. The summed E-state index contributed by atoms with van der Waals surface area (Å²) in [5.41, 5.74) is 0.939. The summed E-state index contributed by atoms with van der Waals surface area (Å²) in [6, 6.07) is 7.79. The lowest BCUT2D eigenvalue weighted by Gasteiger charge is -2.03. The van der Waals surface area contributed by atoms with Gasteiger partial charge in [-0.2, -0.15) is 0 Å². The molecule has 0 N–H and O–H groups in total. The van der Waals surface area contributed by atoms with E-state index in [9.17, 15) is 0 Å². The lowest BCUT2D eigenvalue weighted by molar-refractivity contribution is 0.415. The maximum Gasteiger partial charge on any atom is 0.122 e. The monoisotopic (exact) mass is 237 g/mol. The van der Waals surface area contributed by atoms with Gasteiger partial charge in [0.15, 0.2) is 0 Å². The van der Waals surface area contributed by atoms with Crippen molar-refractivity contribution in [3.8, 4) is 5.75 Å². The lowest BCUT2D eigenvalue weighted by Crippen LogP contribution is -1.85. The zero-order chi connectivity index (χ0) is 9.26. The standard InChI is InChI=1S/C10H8BrNO/c1-13-7-5-9(11)8-3-2-4-12-10(8)6-7/h2-6H,1H3. The molecule has 2 nitrogen and oxygen atoms in total. The Labute approximate surface area is 84.7 Å². The van der Waals surface area contributed by atoms with Crippen LogP contribution in [0.1, 0.15) is 0 Å². The molecule has 2 aromatic rings. The molecule has 0 atom stereocenters. The second-order valence-corrected chi connectivity index (χ2v) is 3.53. The average Bonchev–Trinajstić information content (AvgIpc) is 2.18. The van der Waals surface area contributed by atoms with Crippen LogP contribution in [0.25, 0.3) is 10.9 Å². The SMILES string of the molecule is COc1cc(Br)c2cccnc2c1. The number of fused-ring (bicyclic) bond motifs is 1. The molecular formula is C10H8BrNO. The molecule has 0 amide bonds. The number of hydrogen-bond donors (Lipinski definition) is 0. The Bertz CT molecular complexity index is 442. The van der Waals surface area contributed by atoms with E-state index in [1.807, 2.05) is 24.3 Å². The summed E-state index contributed by atoms with van der Waals surface area (Å²) < 4.78 is 6.14. The Morgan fingerprint density at radius 2 is 2.23 bits per heavy atom. The number of benzene rings is 1. The first kappa shape index (κ1) is 8.51. The van der Waals surface area contributed by atoms with Crippen molar-refractivity contribution in [1.82, 2.24) is 4.98 Å². The molecule has 1 aromatic heterocycles. The third kappa shape index (κ3) is 1.52. The van der Waals surface area contributed by atoms with E-state index < -0.39 is 0 Å². The molecule has 0 spiro atoms. The van der Waals surface area contributed by atoms with Gasteiger partial charge >= 0.3 is 0 Å². The van der Waals surface area contributed by atoms with Crippen LogP contribution in [-0.4, -0.2) is 12.1 Å². The van der Waals surface area contributed by atoms with Crippen LogP contribution in [0.4, 0.5) is 0 Å². The van der Waals surface area contributed by atoms with Crippen LogP contribution in [0.5, 0.6) is 5.75 Å². The van der Waals surface area contributed by atoms with E-state index in [4.69, 9.17) is 4.74 Å². The predicted octanol–water partition coefficient (Wildman–Crippen LogP) is 3.01. The molecule has 0 aliphatic rings. The molecular weight excluding hydrogens is 230 g/mol. The van der Waals surface area contributed by atoms with Crippen LogP contribution < -0.4 is 4.74 Å². The van der Waals surface area contributed by atoms with Crippen molar-refractivity contribution >= 4 is 26.8 Å². The number of rotatable bonds is 1. The number of hydrogen-bond acceptors (Lipinski definition) is 2. The van der Waals surface area contributed by atoms with Crippen molar-refractivity contribution in [3.63, 3.8) is 0 Å². The van der Waals surface area contributed by atoms with Gasteiger partial charge in [0.05, 0.1) is 12.6 Å². The van der Waals surface area contributed by atoms with Crippen LogP contribution in [0.3, 0.4) is 0 Å². The van der Waals surface area contributed by atoms with Crippen LogP contribution in [-0.2, 0) is 0 Å². The summed E-state index contributed by atoms with van der Waals surface area (Å²) >= 11 is 3.47. The van der Waals surface area contributed by atoms with Crippen molar-refractivity contribution in [2.75, 3.05) is 7.11 Å². The summed E-state index contributed by atoms with van der Waals surface area (Å²) in [5.74, 6) is 0.818. The first-order valence-electron chi connectivity index (χ1n) is 3.89. The van der Waals surface area contributed by atoms with Gasteiger partial charge in [-0.05, 0) is 28.1 Å². The van der Waals surface area contributed by atoms with Gasteiger partial charge in [-0.15, -0.1) is 0 Å². The predicted molar refractivity (Wildman–Crippen MR) is 56.0 cm³/mol. The summed E-state index contributed by atoms with van der Waals surface area (Å²) in [5, 5.41) is 1.10. The van der Waals surface area contributed by atoms with Gasteiger partial charge in [0.25, 0.3) is 0 Å². The molecule has 66 valence electrons. The molecule has 2 rings (SSSR count). The number of methoxy groups -OCH3 is 1. The Morgan fingerprint density at radius 1 is 1.38 bits per heavy atom. The maximum atomic E-state index is 5.13. The van der Waals surface area contributed by atoms with Crippen LogP contribution in [0.2, 0.25) is 0 Å². The van der Waals surface area contributed by atoms with Gasteiger partial charge < -0.3 is 4.74 Å². The normalized spacial score (nSPS) is 10.3.